The molecule has 0 saturated carbocycles. The molecule has 8 heteroatoms. The molecular formula is C13H14F2N2O2S2. The van der Waals surface area contributed by atoms with Crippen molar-refractivity contribution >= 4 is 27.0 Å². The maximum atomic E-state index is 13.8. The zero-order valence-corrected chi connectivity index (χ0v) is 13.0. The molecule has 0 saturated heterocycles. The summed E-state index contributed by atoms with van der Waals surface area (Å²) in [5.74, 6) is -2.27. The van der Waals surface area contributed by atoms with Crippen molar-refractivity contribution in [2.75, 3.05) is 5.73 Å². The second-order valence-corrected chi connectivity index (χ2v) is 7.57. The van der Waals surface area contributed by atoms with Gasteiger partial charge in [0.25, 0.3) is 0 Å². The van der Waals surface area contributed by atoms with E-state index in [4.69, 9.17) is 5.73 Å². The first kappa shape index (κ1) is 15.9. The third kappa shape index (κ3) is 3.22. The van der Waals surface area contributed by atoms with Crippen molar-refractivity contribution in [3.05, 3.63) is 45.7 Å². The van der Waals surface area contributed by atoms with E-state index in [1.165, 1.54) is 11.3 Å². The van der Waals surface area contributed by atoms with E-state index in [-0.39, 0.29) is 0 Å². The summed E-state index contributed by atoms with van der Waals surface area (Å²) >= 11 is 1.44. The highest BCUT2D eigenvalue weighted by molar-refractivity contribution is 7.89. The summed E-state index contributed by atoms with van der Waals surface area (Å²) in [4.78, 5) is 1.17. The smallest absolute Gasteiger partial charge is 0.244 e. The van der Waals surface area contributed by atoms with Gasteiger partial charge in [-0.1, -0.05) is 0 Å². The first-order chi connectivity index (χ1) is 9.72. The van der Waals surface area contributed by atoms with E-state index in [0.29, 0.717) is 0 Å². The molecule has 2 rings (SSSR count). The fourth-order valence-electron chi connectivity index (χ4n) is 1.80. The summed E-state index contributed by atoms with van der Waals surface area (Å²) in [6.45, 7) is 3.54. The number of halogens is 2. The first-order valence-corrected chi connectivity index (χ1v) is 8.34. The Morgan fingerprint density at radius 1 is 1.24 bits per heavy atom. The van der Waals surface area contributed by atoms with Crippen molar-refractivity contribution in [1.29, 1.82) is 0 Å². The third-order valence-corrected chi connectivity index (χ3v) is 5.64. The van der Waals surface area contributed by atoms with E-state index >= 15 is 0 Å². The van der Waals surface area contributed by atoms with Gasteiger partial charge in [-0.15, -0.1) is 11.3 Å². The van der Waals surface area contributed by atoms with Gasteiger partial charge in [-0.25, -0.2) is 21.9 Å². The van der Waals surface area contributed by atoms with Crippen LogP contribution in [0, 0.1) is 18.6 Å². The Bertz CT molecular complexity index is 772. The molecule has 1 aromatic heterocycles. The van der Waals surface area contributed by atoms with Gasteiger partial charge >= 0.3 is 0 Å². The summed E-state index contributed by atoms with van der Waals surface area (Å²) in [6.07, 6.45) is 0. The highest BCUT2D eigenvalue weighted by Crippen LogP contribution is 2.26. The van der Waals surface area contributed by atoms with Gasteiger partial charge in [0, 0.05) is 9.75 Å². The lowest BCUT2D eigenvalue weighted by molar-refractivity contribution is 0.541. The maximum Gasteiger partial charge on any atom is 0.244 e. The molecule has 0 bridgehead atoms. The number of aryl methyl sites for hydroxylation is 1. The zero-order valence-electron chi connectivity index (χ0n) is 11.4. The zero-order chi connectivity index (χ0) is 15.8. The van der Waals surface area contributed by atoms with E-state index in [2.05, 4.69) is 4.72 Å². The normalized spacial score (nSPS) is 13.3. The lowest BCUT2D eigenvalue weighted by Crippen LogP contribution is -2.27. The molecule has 0 spiro atoms. The highest BCUT2D eigenvalue weighted by Gasteiger charge is 2.25. The van der Waals surface area contributed by atoms with Crippen molar-refractivity contribution in [3.8, 4) is 0 Å². The van der Waals surface area contributed by atoms with Crippen LogP contribution in [-0.4, -0.2) is 8.42 Å². The standard InChI is InChI=1S/C13H14F2N2O2S2/c1-7-3-5-10(20-7)8(2)17-21(18,19)11-6-4-9(14)13(16)12(11)15/h3-6,8,17H,16H2,1-2H3. The van der Waals surface area contributed by atoms with Gasteiger partial charge in [-0.2, -0.15) is 0 Å². The fourth-order valence-corrected chi connectivity index (χ4v) is 4.06. The number of benzene rings is 1. The molecule has 3 N–H and O–H groups in total. The number of anilines is 1. The number of nitrogens with one attached hydrogen (secondary N) is 1. The number of sulfonamides is 1. The predicted molar refractivity (Wildman–Crippen MR) is 78.6 cm³/mol. The molecule has 1 aromatic carbocycles. The fraction of sp³-hybridized carbons (Fsp3) is 0.231. The number of hydrogen-bond acceptors (Lipinski definition) is 4. The van der Waals surface area contributed by atoms with Gasteiger partial charge in [0.2, 0.25) is 10.0 Å². The van der Waals surface area contributed by atoms with Gasteiger partial charge in [0.05, 0.1) is 6.04 Å². The Labute approximate surface area is 125 Å². The van der Waals surface area contributed by atoms with Crippen LogP contribution < -0.4 is 10.5 Å². The Morgan fingerprint density at radius 3 is 2.48 bits per heavy atom. The van der Waals surface area contributed by atoms with Gasteiger partial charge < -0.3 is 5.73 Å². The van der Waals surface area contributed by atoms with Crippen molar-refractivity contribution < 1.29 is 17.2 Å². The van der Waals surface area contributed by atoms with Crippen molar-refractivity contribution in [1.82, 2.24) is 4.72 Å². The van der Waals surface area contributed by atoms with Crippen LogP contribution in [0.15, 0.2) is 29.2 Å². The molecule has 0 aliphatic rings. The Balaban J connectivity index is 2.33. The van der Waals surface area contributed by atoms with Crippen LogP contribution in [0.1, 0.15) is 22.7 Å². The molecule has 2 aromatic rings. The summed E-state index contributed by atoms with van der Waals surface area (Å²) in [5.41, 5.74) is 4.38. The second kappa shape index (κ2) is 5.70. The highest BCUT2D eigenvalue weighted by atomic mass is 32.2. The van der Waals surface area contributed by atoms with Crippen molar-refractivity contribution in [2.24, 2.45) is 0 Å². The molecule has 114 valence electrons. The van der Waals surface area contributed by atoms with Crippen LogP contribution in [-0.2, 0) is 10.0 Å². The summed E-state index contributed by atoms with van der Waals surface area (Å²) in [6, 6.07) is 4.81. The Kier molecular flexibility index (Phi) is 4.31. The van der Waals surface area contributed by atoms with Gasteiger partial charge in [0.15, 0.2) is 5.82 Å². The van der Waals surface area contributed by atoms with Crippen LogP contribution >= 0.6 is 11.3 Å². The molecule has 0 aliphatic heterocycles. The summed E-state index contributed by atoms with van der Waals surface area (Å²) in [5, 5.41) is 0. The van der Waals surface area contributed by atoms with Crippen LogP contribution in [0.5, 0.6) is 0 Å². The third-order valence-electron chi connectivity index (χ3n) is 2.90. The summed E-state index contributed by atoms with van der Waals surface area (Å²) < 4.78 is 53.7. The lowest BCUT2D eigenvalue weighted by atomic mass is 10.3. The molecule has 0 fully saturated rings. The molecule has 1 atom stereocenters. The average Bonchev–Trinajstić information content (AvgIpc) is 2.82. The molecule has 4 nitrogen and oxygen atoms in total. The quantitative estimate of drug-likeness (QED) is 0.846. The second-order valence-electron chi connectivity index (χ2n) is 4.56. The largest absolute Gasteiger partial charge is 0.394 e. The SMILES string of the molecule is Cc1ccc(C(C)NS(=O)(=O)c2ccc(F)c(N)c2F)s1. The number of nitrogen functional groups attached to an aromatic ring is 1. The van der Waals surface area contributed by atoms with Crippen molar-refractivity contribution in [2.45, 2.75) is 24.8 Å². The summed E-state index contributed by atoms with van der Waals surface area (Å²) in [7, 11) is -4.13. The Morgan fingerprint density at radius 2 is 1.90 bits per heavy atom. The number of nitrogens with two attached hydrogens (primary N) is 1. The van der Waals surface area contributed by atoms with Crippen molar-refractivity contribution in [3.63, 3.8) is 0 Å². The molecular weight excluding hydrogens is 318 g/mol. The first-order valence-electron chi connectivity index (χ1n) is 6.04. The monoisotopic (exact) mass is 332 g/mol. The molecule has 0 aliphatic carbocycles. The predicted octanol–water partition coefficient (Wildman–Crippen LogP) is 2.96. The average molecular weight is 332 g/mol. The molecule has 21 heavy (non-hydrogen) atoms. The topological polar surface area (TPSA) is 72.2 Å². The van der Waals surface area contributed by atoms with Gasteiger partial charge in [-0.05, 0) is 38.1 Å². The van der Waals surface area contributed by atoms with E-state index in [1.807, 2.05) is 13.0 Å². The number of thiophene rings is 1. The number of hydrogen-bond donors (Lipinski definition) is 2. The van der Waals surface area contributed by atoms with Gasteiger partial charge in [0.1, 0.15) is 16.4 Å². The van der Waals surface area contributed by atoms with Gasteiger partial charge in [-0.3, -0.25) is 0 Å². The van der Waals surface area contributed by atoms with E-state index in [1.54, 1.807) is 13.0 Å². The van der Waals surface area contributed by atoms with E-state index in [9.17, 15) is 17.2 Å². The molecule has 1 unspecified atom stereocenters. The van der Waals surface area contributed by atoms with Crippen LogP contribution in [0.4, 0.5) is 14.5 Å². The minimum absolute atomic E-state index is 0.528. The maximum absolute atomic E-state index is 13.8. The van der Waals surface area contributed by atoms with E-state index in [0.717, 1.165) is 21.9 Å². The minimum atomic E-state index is -4.13. The van der Waals surface area contributed by atoms with E-state index < -0.39 is 38.3 Å². The number of rotatable bonds is 4. The minimum Gasteiger partial charge on any atom is -0.394 e. The lowest BCUT2D eigenvalue weighted by Gasteiger charge is -2.14. The Hall–Kier alpha value is -1.51. The molecule has 0 radical (unpaired) electrons. The van der Waals surface area contributed by atoms with Crippen LogP contribution in [0.25, 0.3) is 0 Å². The van der Waals surface area contributed by atoms with Crippen LogP contribution in [0.3, 0.4) is 0 Å². The molecule has 0 amide bonds. The van der Waals surface area contributed by atoms with Crippen LogP contribution in [0.2, 0.25) is 0 Å². The molecule has 1 heterocycles.